The minimum absolute atomic E-state index is 0.0590. The molecule has 1 saturated heterocycles. The Morgan fingerprint density at radius 2 is 1.85 bits per heavy atom. The van der Waals surface area contributed by atoms with E-state index in [1.807, 2.05) is 42.8 Å². The first-order chi connectivity index (χ1) is 16.4. The predicted octanol–water partition coefficient (Wildman–Crippen LogP) is 6.21. The van der Waals surface area contributed by atoms with Crippen molar-refractivity contribution in [3.8, 4) is 0 Å². The van der Waals surface area contributed by atoms with Gasteiger partial charge in [0.25, 0.3) is 11.7 Å². The largest absolute Gasteiger partial charge is 0.507 e. The van der Waals surface area contributed by atoms with E-state index in [9.17, 15) is 14.7 Å². The third-order valence-electron chi connectivity index (χ3n) is 6.15. The fourth-order valence-corrected chi connectivity index (χ4v) is 5.66. The van der Waals surface area contributed by atoms with Crippen molar-refractivity contribution in [2.45, 2.75) is 12.5 Å². The Kier molecular flexibility index (Phi) is 5.98. The van der Waals surface area contributed by atoms with E-state index in [-0.39, 0.29) is 16.4 Å². The van der Waals surface area contributed by atoms with E-state index in [1.165, 1.54) is 17.4 Å². The number of rotatable bonds is 5. The van der Waals surface area contributed by atoms with E-state index in [4.69, 9.17) is 23.2 Å². The molecule has 1 N–H and O–H groups in total. The van der Waals surface area contributed by atoms with Gasteiger partial charge in [-0.15, -0.1) is 11.3 Å². The molecule has 1 unspecified atom stereocenters. The van der Waals surface area contributed by atoms with Crippen LogP contribution < -0.4 is 0 Å². The number of aryl methyl sites for hydroxylation is 1. The highest BCUT2D eigenvalue weighted by Crippen LogP contribution is 2.41. The van der Waals surface area contributed by atoms with Gasteiger partial charge in [0.05, 0.1) is 21.7 Å². The minimum Gasteiger partial charge on any atom is -0.507 e. The number of carbonyl (C=O) groups is 2. The number of carbonyl (C=O) groups excluding carboxylic acids is 2. The molecule has 4 aromatic rings. The first-order valence-electron chi connectivity index (χ1n) is 10.7. The Hall–Kier alpha value is -3.06. The number of hydrogen-bond donors (Lipinski definition) is 1. The SMILES string of the molecule is Cn1cc(CCN2C(=O)C(=O)/C(=C(\O)c3ccc(Cl)c(Cl)c3)C2c2cccs2)c2ccccc21. The number of para-hydroxylation sites is 1. The summed E-state index contributed by atoms with van der Waals surface area (Å²) in [5.41, 5.74) is 2.59. The Balaban J connectivity index is 1.55. The van der Waals surface area contributed by atoms with Crippen LogP contribution in [0.2, 0.25) is 10.0 Å². The number of likely N-dealkylation sites (tertiary alicyclic amines) is 1. The average Bonchev–Trinajstić information content (AvgIpc) is 3.53. The van der Waals surface area contributed by atoms with Crippen LogP contribution >= 0.6 is 34.5 Å². The molecule has 0 bridgehead atoms. The molecule has 1 atom stereocenters. The molecule has 172 valence electrons. The average molecular weight is 511 g/mol. The summed E-state index contributed by atoms with van der Waals surface area (Å²) in [6.07, 6.45) is 2.63. The van der Waals surface area contributed by atoms with Gasteiger partial charge in [-0.05, 0) is 47.7 Å². The van der Waals surface area contributed by atoms with E-state index in [0.29, 0.717) is 23.6 Å². The van der Waals surface area contributed by atoms with Crippen molar-refractivity contribution in [3.63, 3.8) is 0 Å². The molecule has 0 spiro atoms. The quantitative estimate of drug-likeness (QED) is 0.197. The second kappa shape index (κ2) is 8.95. The molecule has 2 aromatic carbocycles. The Morgan fingerprint density at radius 3 is 2.59 bits per heavy atom. The highest BCUT2D eigenvalue weighted by atomic mass is 35.5. The molecule has 2 aromatic heterocycles. The van der Waals surface area contributed by atoms with Crippen LogP contribution in [0.15, 0.2) is 71.7 Å². The van der Waals surface area contributed by atoms with Crippen molar-refractivity contribution >= 4 is 62.9 Å². The number of aliphatic hydroxyl groups is 1. The number of aliphatic hydroxyl groups excluding tert-OH is 1. The van der Waals surface area contributed by atoms with Gasteiger partial charge in [-0.3, -0.25) is 9.59 Å². The van der Waals surface area contributed by atoms with Crippen LogP contribution in [-0.2, 0) is 23.1 Å². The van der Waals surface area contributed by atoms with Crippen LogP contribution in [0.1, 0.15) is 22.0 Å². The summed E-state index contributed by atoms with van der Waals surface area (Å²) in [6, 6.07) is 15.8. The maximum atomic E-state index is 13.2. The van der Waals surface area contributed by atoms with E-state index in [0.717, 1.165) is 21.3 Å². The molecule has 0 radical (unpaired) electrons. The van der Waals surface area contributed by atoms with Gasteiger partial charge in [0.15, 0.2) is 0 Å². The van der Waals surface area contributed by atoms with Gasteiger partial charge in [-0.25, -0.2) is 0 Å². The Morgan fingerprint density at radius 1 is 1.06 bits per heavy atom. The number of nitrogens with zero attached hydrogens (tertiary/aromatic N) is 2. The fourth-order valence-electron chi connectivity index (χ4n) is 4.52. The number of amides is 1. The maximum Gasteiger partial charge on any atom is 0.295 e. The number of halogens is 2. The van der Waals surface area contributed by atoms with Crippen molar-refractivity contribution < 1.29 is 14.7 Å². The standard InChI is InChI=1S/C26H20Cl2N2O3S/c1-29-14-16(17-5-2-3-6-20(17)29)10-11-30-23(21-7-4-12-34-21)22(25(32)26(30)33)24(31)15-8-9-18(27)19(28)13-15/h2-9,12-14,23,31H,10-11H2,1H3/b24-22-. The normalized spacial score (nSPS) is 17.7. The third kappa shape index (κ3) is 3.82. The van der Waals surface area contributed by atoms with Gasteiger partial charge in [0, 0.05) is 41.1 Å². The van der Waals surface area contributed by atoms with E-state index < -0.39 is 17.7 Å². The zero-order valence-corrected chi connectivity index (χ0v) is 20.5. The van der Waals surface area contributed by atoms with E-state index in [2.05, 4.69) is 16.8 Å². The number of ketones is 1. The van der Waals surface area contributed by atoms with Crippen LogP contribution in [0.5, 0.6) is 0 Å². The molecule has 1 amide bonds. The lowest BCUT2D eigenvalue weighted by atomic mass is 9.99. The van der Waals surface area contributed by atoms with Crippen molar-refractivity contribution in [3.05, 3.63) is 97.8 Å². The smallest absolute Gasteiger partial charge is 0.295 e. The van der Waals surface area contributed by atoms with Gasteiger partial charge >= 0.3 is 0 Å². The molecule has 5 nitrogen and oxygen atoms in total. The van der Waals surface area contributed by atoms with Crippen LogP contribution in [0.4, 0.5) is 0 Å². The molecule has 0 saturated carbocycles. The number of fused-ring (bicyclic) bond motifs is 1. The molecule has 1 aliphatic heterocycles. The minimum atomic E-state index is -0.708. The molecule has 1 aliphatic rings. The number of Topliss-reactive ketones (excluding diaryl/α,β-unsaturated/α-hetero) is 1. The van der Waals surface area contributed by atoms with Crippen LogP contribution in [-0.4, -0.2) is 32.8 Å². The first-order valence-corrected chi connectivity index (χ1v) is 12.3. The van der Waals surface area contributed by atoms with Gasteiger partial charge in [-0.1, -0.05) is 47.5 Å². The van der Waals surface area contributed by atoms with Gasteiger partial charge in [0.2, 0.25) is 0 Å². The number of hydrogen-bond acceptors (Lipinski definition) is 4. The van der Waals surface area contributed by atoms with Gasteiger partial charge < -0.3 is 14.6 Å². The fraction of sp³-hybridized carbons (Fsp3) is 0.154. The molecule has 8 heteroatoms. The first kappa shape index (κ1) is 22.7. The van der Waals surface area contributed by atoms with Crippen molar-refractivity contribution in [2.75, 3.05) is 6.54 Å². The molecular formula is C26H20Cl2N2O3S. The highest BCUT2D eigenvalue weighted by Gasteiger charge is 2.46. The predicted molar refractivity (Wildman–Crippen MR) is 136 cm³/mol. The number of thiophene rings is 1. The Bertz CT molecular complexity index is 1460. The monoisotopic (exact) mass is 510 g/mol. The summed E-state index contributed by atoms with van der Waals surface area (Å²) >= 11 is 13.6. The number of aromatic nitrogens is 1. The van der Waals surface area contributed by atoms with Gasteiger partial charge in [-0.2, -0.15) is 0 Å². The summed E-state index contributed by atoms with van der Waals surface area (Å²) in [7, 11) is 1.99. The molecule has 1 fully saturated rings. The summed E-state index contributed by atoms with van der Waals surface area (Å²) in [6.45, 7) is 0.333. The van der Waals surface area contributed by atoms with Crippen molar-refractivity contribution in [1.29, 1.82) is 0 Å². The lowest BCUT2D eigenvalue weighted by Gasteiger charge is -2.24. The summed E-state index contributed by atoms with van der Waals surface area (Å²) in [5, 5.41) is 14.7. The van der Waals surface area contributed by atoms with Crippen molar-refractivity contribution in [2.24, 2.45) is 7.05 Å². The van der Waals surface area contributed by atoms with Gasteiger partial charge in [0.1, 0.15) is 5.76 Å². The zero-order chi connectivity index (χ0) is 24.0. The molecule has 5 rings (SSSR count). The Labute approximate surface area is 210 Å². The summed E-state index contributed by atoms with van der Waals surface area (Å²) in [5.74, 6) is -1.59. The summed E-state index contributed by atoms with van der Waals surface area (Å²) in [4.78, 5) is 28.7. The molecule has 3 heterocycles. The van der Waals surface area contributed by atoms with Crippen LogP contribution in [0, 0.1) is 0 Å². The third-order valence-corrected chi connectivity index (χ3v) is 7.81. The van der Waals surface area contributed by atoms with Crippen LogP contribution in [0.3, 0.4) is 0 Å². The second-order valence-corrected chi connectivity index (χ2v) is 9.96. The molecule has 0 aliphatic carbocycles. The van der Waals surface area contributed by atoms with Crippen molar-refractivity contribution in [1.82, 2.24) is 9.47 Å². The summed E-state index contributed by atoms with van der Waals surface area (Å²) < 4.78 is 2.06. The van der Waals surface area contributed by atoms with E-state index in [1.54, 1.807) is 17.0 Å². The lowest BCUT2D eigenvalue weighted by molar-refractivity contribution is -0.139. The zero-order valence-electron chi connectivity index (χ0n) is 18.2. The molecule has 34 heavy (non-hydrogen) atoms. The van der Waals surface area contributed by atoms with E-state index >= 15 is 0 Å². The lowest BCUT2D eigenvalue weighted by Crippen LogP contribution is -2.31. The molecular weight excluding hydrogens is 491 g/mol. The maximum absolute atomic E-state index is 13.2. The highest BCUT2D eigenvalue weighted by molar-refractivity contribution is 7.10. The number of benzene rings is 2. The van der Waals surface area contributed by atoms with Crippen LogP contribution in [0.25, 0.3) is 16.7 Å². The topological polar surface area (TPSA) is 62.5 Å². The second-order valence-electron chi connectivity index (χ2n) is 8.17.